The zero-order valence-corrected chi connectivity index (χ0v) is 17.4. The van der Waals surface area contributed by atoms with Gasteiger partial charge in [-0.2, -0.15) is 0 Å². The maximum Gasteiger partial charge on any atom is 0.269 e. The van der Waals surface area contributed by atoms with E-state index in [1.54, 1.807) is 24.4 Å². The van der Waals surface area contributed by atoms with E-state index in [1.165, 1.54) is 19.1 Å². The molecule has 0 saturated heterocycles. The van der Waals surface area contributed by atoms with Gasteiger partial charge in [-0.1, -0.05) is 17.9 Å². The molecule has 1 fully saturated rings. The van der Waals surface area contributed by atoms with Crippen LogP contribution in [0.15, 0.2) is 36.5 Å². The lowest BCUT2D eigenvalue weighted by Gasteiger charge is -2.15. The third-order valence-corrected chi connectivity index (χ3v) is 5.69. The topological polar surface area (TPSA) is 103 Å². The number of aliphatic hydroxyl groups is 1. The van der Waals surface area contributed by atoms with Gasteiger partial charge >= 0.3 is 0 Å². The molecular weight excluding hydrogens is 411 g/mol. The average molecular weight is 432 g/mol. The molecule has 1 aromatic carbocycles. The van der Waals surface area contributed by atoms with E-state index in [0.29, 0.717) is 36.0 Å². The summed E-state index contributed by atoms with van der Waals surface area (Å²) in [5.41, 5.74) is 6.07. The monoisotopic (exact) mass is 432 g/mol. The van der Waals surface area contributed by atoms with Crippen LogP contribution in [0.1, 0.15) is 53.1 Å². The fourth-order valence-electron chi connectivity index (χ4n) is 3.94. The molecule has 8 heteroatoms. The lowest BCUT2D eigenvalue weighted by Crippen LogP contribution is -2.20. The minimum atomic E-state index is -1.56. The van der Waals surface area contributed by atoms with Crippen molar-refractivity contribution in [2.45, 2.75) is 37.8 Å². The van der Waals surface area contributed by atoms with Crippen molar-refractivity contribution in [2.24, 2.45) is 5.73 Å². The summed E-state index contributed by atoms with van der Waals surface area (Å²) in [5.74, 6) is 5.35. The van der Waals surface area contributed by atoms with E-state index in [2.05, 4.69) is 21.8 Å². The highest BCUT2D eigenvalue weighted by Gasteiger charge is 2.35. The first-order valence-electron chi connectivity index (χ1n) is 10.4. The number of fused-ring (bicyclic) bond motifs is 3. The third-order valence-electron chi connectivity index (χ3n) is 5.69. The number of benzene rings is 1. The molecule has 32 heavy (non-hydrogen) atoms. The van der Waals surface area contributed by atoms with E-state index in [9.17, 15) is 14.3 Å². The highest BCUT2D eigenvalue weighted by molar-refractivity contribution is 5.93. The van der Waals surface area contributed by atoms with Gasteiger partial charge in [-0.15, -0.1) is 0 Å². The van der Waals surface area contributed by atoms with Crippen molar-refractivity contribution in [3.63, 3.8) is 0 Å². The van der Waals surface area contributed by atoms with Crippen LogP contribution >= 0.6 is 0 Å². The molecule has 0 spiro atoms. The lowest BCUT2D eigenvalue weighted by molar-refractivity contribution is 0.0994. The largest absolute Gasteiger partial charge is 0.491 e. The minimum Gasteiger partial charge on any atom is -0.491 e. The Morgan fingerprint density at radius 1 is 1.38 bits per heavy atom. The highest BCUT2D eigenvalue weighted by Crippen LogP contribution is 2.45. The summed E-state index contributed by atoms with van der Waals surface area (Å²) in [6.07, 6.45) is 3.50. The van der Waals surface area contributed by atoms with Gasteiger partial charge in [0.15, 0.2) is 5.60 Å². The normalized spacial score (nSPS) is 16.5. The number of hydrogen-bond acceptors (Lipinski definition) is 5. The van der Waals surface area contributed by atoms with Crippen LogP contribution in [-0.4, -0.2) is 32.2 Å². The number of ether oxygens (including phenoxy) is 1. The van der Waals surface area contributed by atoms with Crippen LogP contribution in [0.3, 0.4) is 0 Å². The predicted octanol–water partition coefficient (Wildman–Crippen LogP) is 2.71. The highest BCUT2D eigenvalue weighted by atomic mass is 19.1. The van der Waals surface area contributed by atoms with Crippen LogP contribution in [0.4, 0.5) is 4.39 Å². The molecule has 1 aliphatic heterocycles. The quantitative estimate of drug-likeness (QED) is 0.620. The van der Waals surface area contributed by atoms with Gasteiger partial charge < -0.3 is 20.1 Å². The zero-order valence-electron chi connectivity index (χ0n) is 17.4. The standard InChI is InChI=1S/C24H21FN4O3/c1-24(31,19-4-2-3-9-27-19)8-7-15-12-16-18(13-17(15)25)32-11-10-29-21(14-5-6-14)20(22(26)30)28-23(16)29/h2-4,9,12-14,31H,5-6,10-11H2,1H3,(H2,26,30). The number of aromatic nitrogens is 3. The Labute approximate surface area is 184 Å². The number of amides is 1. The third kappa shape index (κ3) is 3.51. The first-order valence-corrected chi connectivity index (χ1v) is 10.4. The van der Waals surface area contributed by atoms with Crippen LogP contribution in [0.5, 0.6) is 5.75 Å². The van der Waals surface area contributed by atoms with Crippen molar-refractivity contribution in [2.75, 3.05) is 6.61 Å². The molecular formula is C24H21FN4O3. The van der Waals surface area contributed by atoms with Crippen LogP contribution in [0.25, 0.3) is 11.4 Å². The lowest BCUT2D eigenvalue weighted by atomic mass is 10.0. The molecule has 2 aromatic heterocycles. The fraction of sp³-hybridized carbons (Fsp3) is 0.292. The molecule has 1 amide bonds. The molecule has 0 radical (unpaired) electrons. The molecule has 162 valence electrons. The Morgan fingerprint density at radius 3 is 2.88 bits per heavy atom. The van der Waals surface area contributed by atoms with Gasteiger partial charge in [-0.05, 0) is 38.0 Å². The number of hydrogen-bond donors (Lipinski definition) is 2. The van der Waals surface area contributed by atoms with Gasteiger partial charge in [0.05, 0.1) is 29.1 Å². The van der Waals surface area contributed by atoms with Crippen LogP contribution in [0.2, 0.25) is 0 Å². The van der Waals surface area contributed by atoms with Crippen molar-refractivity contribution in [3.05, 3.63) is 65.0 Å². The summed E-state index contributed by atoms with van der Waals surface area (Å²) in [6.45, 7) is 2.29. The maximum atomic E-state index is 14.8. The number of nitrogens with zero attached hydrogens (tertiary/aromatic N) is 3. The first kappa shape index (κ1) is 20.2. The summed E-state index contributed by atoms with van der Waals surface area (Å²) in [6, 6.07) is 7.93. The van der Waals surface area contributed by atoms with Crippen LogP contribution in [0, 0.1) is 17.7 Å². The van der Waals surface area contributed by atoms with Crippen molar-refractivity contribution in [3.8, 4) is 29.0 Å². The number of pyridine rings is 1. The molecule has 5 rings (SSSR count). The summed E-state index contributed by atoms with van der Waals surface area (Å²) < 4.78 is 22.6. The summed E-state index contributed by atoms with van der Waals surface area (Å²) in [5, 5.41) is 10.7. The number of imidazole rings is 1. The maximum absolute atomic E-state index is 14.8. The van der Waals surface area contributed by atoms with Crippen LogP contribution < -0.4 is 10.5 Å². The Morgan fingerprint density at radius 2 is 2.19 bits per heavy atom. The fourth-order valence-corrected chi connectivity index (χ4v) is 3.94. The Bertz CT molecular complexity index is 1280. The van der Waals surface area contributed by atoms with E-state index in [0.717, 1.165) is 18.5 Å². The first-order chi connectivity index (χ1) is 15.3. The molecule has 7 nitrogen and oxygen atoms in total. The number of primary amides is 1. The van der Waals surface area contributed by atoms with E-state index >= 15 is 0 Å². The van der Waals surface area contributed by atoms with E-state index in [4.69, 9.17) is 10.5 Å². The second-order valence-corrected chi connectivity index (χ2v) is 8.17. The van der Waals surface area contributed by atoms with Gasteiger partial charge in [-0.25, -0.2) is 9.37 Å². The number of halogens is 1. The van der Waals surface area contributed by atoms with Gasteiger partial charge in [0.1, 0.15) is 29.7 Å². The van der Waals surface area contributed by atoms with Crippen molar-refractivity contribution in [1.29, 1.82) is 0 Å². The van der Waals surface area contributed by atoms with E-state index in [-0.39, 0.29) is 17.2 Å². The molecule has 3 N–H and O–H groups in total. The molecule has 2 aliphatic rings. The molecule has 3 aromatic rings. The second kappa shape index (κ2) is 7.46. The number of carbonyl (C=O) groups is 1. The molecule has 1 saturated carbocycles. The second-order valence-electron chi connectivity index (χ2n) is 8.17. The van der Waals surface area contributed by atoms with Crippen molar-refractivity contribution < 1.29 is 19.0 Å². The Balaban J connectivity index is 1.62. The number of carbonyl (C=O) groups excluding carboxylic acids is 1. The molecule has 1 unspecified atom stereocenters. The van der Waals surface area contributed by atoms with Crippen LogP contribution in [-0.2, 0) is 12.1 Å². The summed E-state index contributed by atoms with van der Waals surface area (Å²) in [4.78, 5) is 20.7. The Kier molecular flexibility index (Phi) is 4.72. The minimum absolute atomic E-state index is 0.0774. The summed E-state index contributed by atoms with van der Waals surface area (Å²) in [7, 11) is 0. The predicted molar refractivity (Wildman–Crippen MR) is 114 cm³/mol. The van der Waals surface area contributed by atoms with Gasteiger partial charge in [0.25, 0.3) is 5.91 Å². The van der Waals surface area contributed by atoms with Gasteiger partial charge in [0, 0.05) is 18.2 Å². The molecule has 1 atom stereocenters. The Hall–Kier alpha value is -3.70. The smallest absolute Gasteiger partial charge is 0.269 e. The zero-order chi connectivity index (χ0) is 22.5. The number of nitrogens with two attached hydrogens (primary N) is 1. The SMILES string of the molecule is CC(O)(C#Cc1cc2c(cc1F)OCCn1c-2nc(C(N)=O)c1C1CC1)c1ccccn1. The van der Waals surface area contributed by atoms with Crippen molar-refractivity contribution in [1.82, 2.24) is 14.5 Å². The number of rotatable bonds is 3. The molecule has 1 aliphatic carbocycles. The average Bonchev–Trinajstić information content (AvgIpc) is 3.56. The van der Waals surface area contributed by atoms with Gasteiger partial charge in [-0.3, -0.25) is 9.78 Å². The van der Waals surface area contributed by atoms with Crippen molar-refractivity contribution >= 4 is 5.91 Å². The molecule has 3 heterocycles. The summed E-state index contributed by atoms with van der Waals surface area (Å²) >= 11 is 0. The van der Waals surface area contributed by atoms with Gasteiger partial charge in [0.2, 0.25) is 0 Å². The van der Waals surface area contributed by atoms with E-state index < -0.39 is 17.3 Å². The van der Waals surface area contributed by atoms with E-state index in [1.807, 2.05) is 4.57 Å². The molecule has 0 bridgehead atoms.